The van der Waals surface area contributed by atoms with Crippen LogP contribution in [0.25, 0.3) is 0 Å². The summed E-state index contributed by atoms with van der Waals surface area (Å²) in [5.74, 6) is 0.173. The molecule has 2 aromatic carbocycles. The van der Waals surface area contributed by atoms with Crippen LogP contribution in [0.4, 0.5) is 11.4 Å². The first kappa shape index (κ1) is 19.9. The van der Waals surface area contributed by atoms with Crippen LogP contribution in [0, 0.1) is 0 Å². The summed E-state index contributed by atoms with van der Waals surface area (Å²) in [6, 6.07) is 15.6. The smallest absolute Gasteiger partial charge is 0.253 e. The first-order valence-electron chi connectivity index (χ1n) is 10.0. The number of piperazine rings is 1. The molecule has 0 bridgehead atoms. The summed E-state index contributed by atoms with van der Waals surface area (Å²) in [5.41, 5.74) is 3.72. The largest absolute Gasteiger partial charge is 0.372 e. The van der Waals surface area contributed by atoms with Gasteiger partial charge in [-0.25, -0.2) is 0 Å². The van der Waals surface area contributed by atoms with Crippen LogP contribution in [0.15, 0.2) is 48.5 Å². The van der Waals surface area contributed by atoms with Crippen molar-refractivity contribution in [1.82, 2.24) is 4.90 Å². The van der Waals surface area contributed by atoms with Gasteiger partial charge in [0.15, 0.2) is 5.78 Å². The van der Waals surface area contributed by atoms with Crippen molar-refractivity contribution in [2.24, 2.45) is 0 Å². The maximum atomic E-state index is 12.8. The lowest BCUT2D eigenvalue weighted by atomic mass is 10.1. The van der Waals surface area contributed by atoms with Crippen molar-refractivity contribution in [2.45, 2.75) is 20.8 Å². The third-order valence-corrected chi connectivity index (χ3v) is 5.45. The number of benzene rings is 2. The van der Waals surface area contributed by atoms with Gasteiger partial charge in [0.05, 0.1) is 0 Å². The van der Waals surface area contributed by atoms with Crippen molar-refractivity contribution >= 4 is 23.1 Å². The molecule has 0 spiro atoms. The summed E-state index contributed by atoms with van der Waals surface area (Å²) in [4.78, 5) is 30.7. The molecular formula is C23H29N3O2. The Morgan fingerprint density at radius 3 is 1.86 bits per heavy atom. The molecule has 0 N–H and O–H groups in total. The average Bonchev–Trinajstić information content (AvgIpc) is 2.75. The van der Waals surface area contributed by atoms with Crippen molar-refractivity contribution in [3.8, 4) is 0 Å². The number of ketones is 1. The van der Waals surface area contributed by atoms with E-state index < -0.39 is 0 Å². The number of amides is 1. The van der Waals surface area contributed by atoms with Gasteiger partial charge in [-0.15, -0.1) is 0 Å². The highest BCUT2D eigenvalue weighted by Crippen LogP contribution is 2.20. The van der Waals surface area contributed by atoms with Gasteiger partial charge in [-0.1, -0.05) is 0 Å². The second kappa shape index (κ2) is 8.91. The number of hydrogen-bond acceptors (Lipinski definition) is 4. The number of rotatable bonds is 6. The molecule has 1 saturated heterocycles. The summed E-state index contributed by atoms with van der Waals surface area (Å²) in [6.07, 6.45) is 0. The van der Waals surface area contributed by atoms with E-state index in [1.807, 2.05) is 53.4 Å². The number of anilines is 2. The normalized spacial score (nSPS) is 14.1. The van der Waals surface area contributed by atoms with E-state index >= 15 is 0 Å². The Morgan fingerprint density at radius 2 is 1.36 bits per heavy atom. The molecule has 148 valence electrons. The SMILES string of the molecule is CCN(CC)c1ccc(C(=O)N2CCN(c3ccc(C(C)=O)cc3)CC2)cc1. The summed E-state index contributed by atoms with van der Waals surface area (Å²) < 4.78 is 0. The lowest BCUT2D eigenvalue weighted by Crippen LogP contribution is -2.48. The Balaban J connectivity index is 1.59. The van der Waals surface area contributed by atoms with Crippen LogP contribution in [0.3, 0.4) is 0 Å². The highest BCUT2D eigenvalue weighted by Gasteiger charge is 2.22. The van der Waals surface area contributed by atoms with Crippen molar-refractivity contribution in [2.75, 3.05) is 49.1 Å². The standard InChI is InChI=1S/C23H29N3O2/c1-4-24(5-2)21-12-8-20(9-13-21)23(28)26-16-14-25(15-17-26)22-10-6-19(7-11-22)18(3)27/h6-13H,4-5,14-17H2,1-3H3. The Kier molecular flexibility index (Phi) is 6.34. The Hall–Kier alpha value is -2.82. The fraction of sp³-hybridized carbons (Fsp3) is 0.391. The lowest BCUT2D eigenvalue weighted by molar-refractivity contribution is 0.0746. The van der Waals surface area contributed by atoms with Gasteiger partial charge in [0, 0.05) is 61.8 Å². The molecule has 3 rings (SSSR count). The van der Waals surface area contributed by atoms with Gasteiger partial charge in [-0.3, -0.25) is 9.59 Å². The molecule has 5 heteroatoms. The number of Topliss-reactive ketones (excluding diaryl/α,β-unsaturated/α-hetero) is 1. The third-order valence-electron chi connectivity index (χ3n) is 5.45. The predicted molar refractivity (Wildman–Crippen MR) is 115 cm³/mol. The molecule has 1 heterocycles. The Morgan fingerprint density at radius 1 is 0.821 bits per heavy atom. The highest BCUT2D eigenvalue weighted by atomic mass is 16.2. The average molecular weight is 380 g/mol. The molecule has 0 saturated carbocycles. The Labute approximate surface area is 167 Å². The van der Waals surface area contributed by atoms with E-state index in [4.69, 9.17) is 0 Å². The van der Waals surface area contributed by atoms with Gasteiger partial charge in [-0.05, 0) is 69.3 Å². The van der Waals surface area contributed by atoms with Crippen LogP contribution in [-0.4, -0.2) is 55.9 Å². The summed E-state index contributed by atoms with van der Waals surface area (Å²) >= 11 is 0. The molecule has 1 amide bonds. The molecule has 1 aliphatic rings. The second-order valence-electron chi connectivity index (χ2n) is 7.10. The molecule has 2 aromatic rings. The summed E-state index contributed by atoms with van der Waals surface area (Å²) in [7, 11) is 0. The number of carbonyl (C=O) groups excluding carboxylic acids is 2. The van der Waals surface area contributed by atoms with Crippen LogP contribution >= 0.6 is 0 Å². The van der Waals surface area contributed by atoms with Gasteiger partial charge in [0.1, 0.15) is 0 Å². The van der Waals surface area contributed by atoms with Gasteiger partial charge in [0.2, 0.25) is 0 Å². The maximum absolute atomic E-state index is 12.8. The number of carbonyl (C=O) groups is 2. The number of hydrogen-bond donors (Lipinski definition) is 0. The van der Waals surface area contributed by atoms with E-state index in [1.165, 1.54) is 0 Å². The van der Waals surface area contributed by atoms with E-state index in [-0.39, 0.29) is 11.7 Å². The van der Waals surface area contributed by atoms with Gasteiger partial charge < -0.3 is 14.7 Å². The van der Waals surface area contributed by atoms with E-state index in [0.29, 0.717) is 13.1 Å². The molecule has 0 atom stereocenters. The zero-order valence-corrected chi connectivity index (χ0v) is 17.0. The molecule has 1 fully saturated rings. The quantitative estimate of drug-likeness (QED) is 0.718. The predicted octanol–water partition coefficient (Wildman–Crippen LogP) is 3.70. The van der Waals surface area contributed by atoms with Crippen molar-refractivity contribution in [1.29, 1.82) is 0 Å². The van der Waals surface area contributed by atoms with Crippen LogP contribution in [0.5, 0.6) is 0 Å². The molecule has 28 heavy (non-hydrogen) atoms. The topological polar surface area (TPSA) is 43.9 Å². The minimum atomic E-state index is 0.0778. The first-order valence-corrected chi connectivity index (χ1v) is 10.0. The van der Waals surface area contributed by atoms with E-state index in [2.05, 4.69) is 23.6 Å². The van der Waals surface area contributed by atoms with E-state index in [9.17, 15) is 9.59 Å². The van der Waals surface area contributed by atoms with Gasteiger partial charge in [0.25, 0.3) is 5.91 Å². The molecular weight excluding hydrogens is 350 g/mol. The minimum Gasteiger partial charge on any atom is -0.372 e. The van der Waals surface area contributed by atoms with Gasteiger partial charge in [-0.2, -0.15) is 0 Å². The fourth-order valence-corrected chi connectivity index (χ4v) is 3.66. The maximum Gasteiger partial charge on any atom is 0.253 e. The molecule has 5 nitrogen and oxygen atoms in total. The van der Waals surface area contributed by atoms with Gasteiger partial charge >= 0.3 is 0 Å². The fourth-order valence-electron chi connectivity index (χ4n) is 3.66. The zero-order valence-electron chi connectivity index (χ0n) is 17.0. The van der Waals surface area contributed by atoms with Crippen LogP contribution in [-0.2, 0) is 0 Å². The molecule has 0 aliphatic carbocycles. The van der Waals surface area contributed by atoms with Crippen molar-refractivity contribution in [3.63, 3.8) is 0 Å². The monoisotopic (exact) mass is 379 g/mol. The van der Waals surface area contributed by atoms with Crippen molar-refractivity contribution in [3.05, 3.63) is 59.7 Å². The first-order chi connectivity index (χ1) is 13.5. The minimum absolute atomic E-state index is 0.0778. The second-order valence-corrected chi connectivity index (χ2v) is 7.10. The highest BCUT2D eigenvalue weighted by molar-refractivity contribution is 5.95. The molecule has 0 radical (unpaired) electrons. The lowest BCUT2D eigenvalue weighted by Gasteiger charge is -2.36. The van der Waals surface area contributed by atoms with Crippen molar-refractivity contribution < 1.29 is 9.59 Å². The molecule has 1 aliphatic heterocycles. The zero-order chi connectivity index (χ0) is 20.1. The molecule has 0 aromatic heterocycles. The summed E-state index contributed by atoms with van der Waals surface area (Å²) in [6.45, 7) is 10.7. The van der Waals surface area contributed by atoms with E-state index in [1.54, 1.807) is 6.92 Å². The van der Waals surface area contributed by atoms with Crippen LogP contribution < -0.4 is 9.80 Å². The number of nitrogens with zero attached hydrogens (tertiary/aromatic N) is 3. The summed E-state index contributed by atoms with van der Waals surface area (Å²) in [5, 5.41) is 0. The third kappa shape index (κ3) is 4.35. The Bertz CT molecular complexity index is 803. The van der Waals surface area contributed by atoms with Crippen LogP contribution in [0.2, 0.25) is 0 Å². The van der Waals surface area contributed by atoms with Crippen LogP contribution in [0.1, 0.15) is 41.5 Å². The van der Waals surface area contributed by atoms with E-state index in [0.717, 1.165) is 48.7 Å². The molecule has 0 unspecified atom stereocenters.